The topological polar surface area (TPSA) is 87.7 Å². The van der Waals surface area contributed by atoms with Gasteiger partial charge in [0, 0.05) is 23.7 Å². The molecule has 7 heteroatoms. The van der Waals surface area contributed by atoms with Crippen molar-refractivity contribution in [2.75, 3.05) is 5.32 Å². The zero-order chi connectivity index (χ0) is 32.7. The molecular formula is C39H37ClN2O4. The Balaban J connectivity index is 1.36. The monoisotopic (exact) mass is 632 g/mol. The molecule has 0 aliphatic carbocycles. The third kappa shape index (κ3) is 8.55. The van der Waals surface area contributed by atoms with E-state index in [1.54, 1.807) is 42.5 Å². The van der Waals surface area contributed by atoms with Crippen LogP contribution in [0.5, 0.6) is 11.5 Å². The number of carboxylic acids is 1. The third-order valence-corrected chi connectivity index (χ3v) is 7.94. The molecule has 3 N–H and O–H groups in total. The molecule has 0 fully saturated rings. The summed E-state index contributed by atoms with van der Waals surface area (Å²) >= 11 is 6.02. The Hall–Kier alpha value is -5.07. The number of rotatable bonds is 11. The van der Waals surface area contributed by atoms with Crippen molar-refractivity contribution >= 4 is 29.2 Å². The van der Waals surface area contributed by atoms with Crippen LogP contribution < -0.4 is 15.4 Å². The molecular weight excluding hydrogens is 596 g/mol. The second kappa shape index (κ2) is 14.4. The largest absolute Gasteiger partial charge is 0.480 e. The second-order valence-corrected chi connectivity index (χ2v) is 12.6. The number of carbonyl (C=O) groups is 2. The smallest absolute Gasteiger partial charge is 0.326 e. The lowest BCUT2D eigenvalue weighted by molar-refractivity contribution is -0.139. The summed E-state index contributed by atoms with van der Waals surface area (Å²) in [4.78, 5) is 26.1. The molecule has 1 unspecified atom stereocenters. The Morgan fingerprint density at radius 1 is 0.761 bits per heavy atom. The number of nitrogens with one attached hydrogen (secondary N) is 2. The van der Waals surface area contributed by atoms with Gasteiger partial charge in [-0.05, 0) is 75.7 Å². The van der Waals surface area contributed by atoms with Gasteiger partial charge in [0.2, 0.25) is 0 Å². The minimum atomic E-state index is -1.14. The predicted octanol–water partition coefficient (Wildman–Crippen LogP) is 9.13. The summed E-state index contributed by atoms with van der Waals surface area (Å²) in [7, 11) is 0. The van der Waals surface area contributed by atoms with Crippen molar-refractivity contribution in [3.63, 3.8) is 0 Å². The first-order valence-electron chi connectivity index (χ1n) is 15.1. The van der Waals surface area contributed by atoms with Gasteiger partial charge < -0.3 is 20.5 Å². The number of aliphatic carboxylic acids is 1. The fraction of sp³-hybridized carbons (Fsp3) is 0.179. The summed E-state index contributed by atoms with van der Waals surface area (Å²) in [6.45, 7) is 6.98. The van der Waals surface area contributed by atoms with Gasteiger partial charge in [-0.25, -0.2) is 4.79 Å². The van der Waals surface area contributed by atoms with Crippen LogP contribution in [0.25, 0.3) is 11.1 Å². The van der Waals surface area contributed by atoms with Crippen LogP contribution in [0.2, 0.25) is 5.02 Å². The van der Waals surface area contributed by atoms with Gasteiger partial charge in [-0.15, -0.1) is 0 Å². The number of hydrogen-bond acceptors (Lipinski definition) is 4. The highest BCUT2D eigenvalue weighted by molar-refractivity contribution is 6.30. The Morgan fingerprint density at radius 3 is 2.00 bits per heavy atom. The van der Waals surface area contributed by atoms with Crippen LogP contribution in [0.3, 0.4) is 0 Å². The summed E-state index contributed by atoms with van der Waals surface area (Å²) < 4.78 is 6.00. The average molecular weight is 633 g/mol. The number of carbonyl (C=O) groups excluding carboxylic acids is 1. The summed E-state index contributed by atoms with van der Waals surface area (Å²) in [6.07, 6.45) is 0.125. The first-order chi connectivity index (χ1) is 22.0. The van der Waals surface area contributed by atoms with Crippen LogP contribution in [-0.4, -0.2) is 23.0 Å². The summed E-state index contributed by atoms with van der Waals surface area (Å²) in [5, 5.41) is 16.7. The molecule has 0 aromatic heterocycles. The highest BCUT2D eigenvalue weighted by atomic mass is 35.5. The number of carboxylic acid groups (broad SMARTS) is 1. The maximum Gasteiger partial charge on any atom is 0.326 e. The van der Waals surface area contributed by atoms with Crippen molar-refractivity contribution in [2.24, 2.45) is 0 Å². The Kier molecular flexibility index (Phi) is 10.1. The highest BCUT2D eigenvalue weighted by Gasteiger charge is 2.23. The maximum absolute atomic E-state index is 13.7. The average Bonchev–Trinajstić information content (AvgIpc) is 3.05. The van der Waals surface area contributed by atoms with Crippen molar-refractivity contribution < 1.29 is 19.4 Å². The van der Waals surface area contributed by atoms with Gasteiger partial charge in [-0.1, -0.05) is 111 Å². The van der Waals surface area contributed by atoms with Gasteiger partial charge in [0.15, 0.2) is 0 Å². The van der Waals surface area contributed by atoms with Gasteiger partial charge in [-0.2, -0.15) is 0 Å². The zero-order valence-corrected chi connectivity index (χ0v) is 26.8. The van der Waals surface area contributed by atoms with E-state index in [4.69, 9.17) is 16.3 Å². The lowest BCUT2D eigenvalue weighted by atomic mass is 9.87. The fourth-order valence-corrected chi connectivity index (χ4v) is 5.15. The zero-order valence-electron chi connectivity index (χ0n) is 26.1. The van der Waals surface area contributed by atoms with Crippen molar-refractivity contribution in [2.45, 2.75) is 45.2 Å². The summed E-state index contributed by atoms with van der Waals surface area (Å²) in [5.41, 5.74) is 6.04. The molecule has 0 aliphatic heterocycles. The van der Waals surface area contributed by atoms with Crippen LogP contribution in [0, 0.1) is 0 Å². The van der Waals surface area contributed by atoms with Gasteiger partial charge in [0.1, 0.15) is 17.5 Å². The lowest BCUT2D eigenvalue weighted by Crippen LogP contribution is -2.42. The molecule has 5 rings (SSSR count). The number of amides is 1. The molecule has 0 radical (unpaired) electrons. The van der Waals surface area contributed by atoms with E-state index < -0.39 is 17.9 Å². The first kappa shape index (κ1) is 32.3. The lowest BCUT2D eigenvalue weighted by Gasteiger charge is -2.20. The molecule has 234 valence electrons. The highest BCUT2D eigenvalue weighted by Crippen LogP contribution is 2.29. The Labute approximate surface area is 275 Å². The van der Waals surface area contributed by atoms with E-state index >= 15 is 0 Å². The molecule has 5 aromatic carbocycles. The molecule has 0 aliphatic rings. The first-order valence-corrected chi connectivity index (χ1v) is 15.5. The van der Waals surface area contributed by atoms with E-state index in [1.165, 1.54) is 5.56 Å². The summed E-state index contributed by atoms with van der Waals surface area (Å²) in [6, 6.07) is 36.9. The van der Waals surface area contributed by atoms with E-state index in [9.17, 15) is 14.7 Å². The number of halogens is 1. The number of ether oxygens (including phenoxy) is 1. The minimum Gasteiger partial charge on any atom is -0.480 e. The Morgan fingerprint density at radius 2 is 1.37 bits per heavy atom. The molecule has 46 heavy (non-hydrogen) atoms. The van der Waals surface area contributed by atoms with Crippen molar-refractivity contribution in [1.82, 2.24) is 5.32 Å². The minimum absolute atomic E-state index is 0.0434. The number of hydrogen-bond donors (Lipinski definition) is 3. The quantitative estimate of drug-likeness (QED) is 0.135. The SMILES string of the molecule is CC(C)(C)c1ccc(CNc2ccc(Oc3ccc(Cl)cc3)cc2C(=O)NC(Cc2ccc(-c3ccccc3)cc2)C(=O)O)cc1. The molecule has 5 aromatic rings. The standard InChI is InChI=1S/C39H37ClN2O4/c1-39(2,3)30-15-11-27(12-16-30)25-41-35-22-21-33(46-32-19-17-31(40)18-20-32)24-34(35)37(43)42-36(38(44)45)23-26-9-13-29(14-10-26)28-7-5-4-6-8-28/h4-22,24,36,41H,23,25H2,1-3H3,(H,42,43)(H,44,45). The molecule has 0 saturated carbocycles. The summed E-state index contributed by atoms with van der Waals surface area (Å²) in [5.74, 6) is -0.670. The molecule has 0 heterocycles. The van der Waals surface area contributed by atoms with Gasteiger partial charge in [-0.3, -0.25) is 4.79 Å². The molecule has 0 bridgehead atoms. The molecule has 1 amide bonds. The molecule has 0 spiro atoms. The second-order valence-electron chi connectivity index (χ2n) is 12.2. The molecule has 0 saturated heterocycles. The van der Waals surface area contributed by atoms with E-state index in [0.717, 1.165) is 22.3 Å². The fourth-order valence-electron chi connectivity index (χ4n) is 5.02. The maximum atomic E-state index is 13.7. The van der Waals surface area contributed by atoms with Crippen LogP contribution in [0.1, 0.15) is 47.8 Å². The Bertz CT molecular complexity index is 1780. The van der Waals surface area contributed by atoms with Crippen molar-refractivity contribution in [3.8, 4) is 22.6 Å². The van der Waals surface area contributed by atoms with E-state index in [2.05, 4.69) is 55.7 Å². The number of benzene rings is 5. The van der Waals surface area contributed by atoms with Crippen LogP contribution >= 0.6 is 11.6 Å². The van der Waals surface area contributed by atoms with Gasteiger partial charge in [0.05, 0.1) is 5.56 Å². The third-order valence-electron chi connectivity index (χ3n) is 7.69. The van der Waals surface area contributed by atoms with Crippen LogP contribution in [0.4, 0.5) is 5.69 Å². The van der Waals surface area contributed by atoms with Crippen molar-refractivity contribution in [1.29, 1.82) is 0 Å². The van der Waals surface area contributed by atoms with E-state index in [1.807, 2.05) is 54.6 Å². The molecule has 6 nitrogen and oxygen atoms in total. The van der Waals surface area contributed by atoms with E-state index in [-0.39, 0.29) is 17.4 Å². The van der Waals surface area contributed by atoms with Crippen LogP contribution in [0.15, 0.2) is 121 Å². The van der Waals surface area contributed by atoms with Gasteiger partial charge in [0.25, 0.3) is 5.91 Å². The predicted molar refractivity (Wildman–Crippen MR) is 185 cm³/mol. The normalized spacial score (nSPS) is 11.8. The van der Waals surface area contributed by atoms with Crippen molar-refractivity contribution in [3.05, 3.63) is 149 Å². The van der Waals surface area contributed by atoms with Gasteiger partial charge >= 0.3 is 5.97 Å². The van der Waals surface area contributed by atoms with Crippen LogP contribution in [-0.2, 0) is 23.2 Å². The molecule has 1 atom stereocenters. The number of anilines is 1. The van der Waals surface area contributed by atoms with E-state index in [0.29, 0.717) is 28.8 Å².